The first kappa shape index (κ1) is 27.7. The van der Waals surface area contributed by atoms with Crippen LogP contribution < -0.4 is 32.0 Å². The molecule has 0 saturated heterocycles. The molecule has 0 aliphatic heterocycles. The average Bonchev–Trinajstić information content (AvgIpc) is 2.92. The number of nitrogens with zero attached hydrogens (tertiary/aromatic N) is 3. The Balaban J connectivity index is 1.67. The van der Waals surface area contributed by atoms with Gasteiger partial charge in [0.25, 0.3) is 0 Å². The Kier molecular flexibility index (Phi) is 9.24. The van der Waals surface area contributed by atoms with Crippen LogP contribution in [0.5, 0.6) is 11.5 Å². The van der Waals surface area contributed by atoms with E-state index in [0.717, 1.165) is 31.6 Å². The first-order valence-corrected chi connectivity index (χ1v) is 13.4. The van der Waals surface area contributed by atoms with E-state index in [0.29, 0.717) is 22.8 Å². The fourth-order valence-electron chi connectivity index (χ4n) is 3.89. The Morgan fingerprint density at radius 2 is 1.59 bits per heavy atom. The van der Waals surface area contributed by atoms with Gasteiger partial charge in [0.2, 0.25) is 0 Å². The van der Waals surface area contributed by atoms with Crippen molar-refractivity contribution in [2.45, 2.75) is 6.04 Å². The third kappa shape index (κ3) is 7.18. The molecule has 4 aromatic carbocycles. The Bertz CT molecular complexity index is 1460. The topological polar surface area (TPSA) is 113 Å². The van der Waals surface area contributed by atoms with E-state index in [1.54, 1.807) is 11.2 Å². The zero-order chi connectivity index (χ0) is 27.8. The molecule has 0 saturated carbocycles. The van der Waals surface area contributed by atoms with E-state index in [4.69, 9.17) is 16.3 Å². The number of para-hydroxylation sites is 1. The Hall–Kier alpha value is -4.28. The summed E-state index contributed by atoms with van der Waals surface area (Å²) in [4.78, 5) is 0. The van der Waals surface area contributed by atoms with Crippen molar-refractivity contribution in [1.29, 1.82) is 0 Å². The van der Waals surface area contributed by atoms with Gasteiger partial charge in [-0.3, -0.25) is 0 Å². The number of halogens is 2. The molecule has 4 rings (SSSR count). The minimum Gasteiger partial charge on any atom is -0.457 e. The van der Waals surface area contributed by atoms with Crippen LogP contribution in [0.25, 0.3) is 0 Å². The van der Waals surface area contributed by atoms with Gasteiger partial charge < -0.3 is 26.9 Å². The smallest absolute Gasteiger partial charge is 0.127 e. The Morgan fingerprint density at radius 1 is 0.923 bits per heavy atom. The zero-order valence-electron chi connectivity index (χ0n) is 20.9. The van der Waals surface area contributed by atoms with E-state index in [1.807, 2.05) is 91.0 Å². The molecule has 6 N–H and O–H groups in total. The van der Waals surface area contributed by atoms with Gasteiger partial charge in [0.05, 0.1) is 28.8 Å². The zero-order valence-corrected chi connectivity index (χ0v) is 24.1. The van der Waals surface area contributed by atoms with Crippen molar-refractivity contribution < 1.29 is 4.74 Å². The van der Waals surface area contributed by atoms with Crippen LogP contribution in [-0.4, -0.2) is 0 Å². The predicted octanol–water partition coefficient (Wildman–Crippen LogP) is 8.56. The van der Waals surface area contributed by atoms with E-state index >= 15 is 0 Å². The van der Waals surface area contributed by atoms with E-state index < -0.39 is 6.04 Å². The summed E-state index contributed by atoms with van der Waals surface area (Å²) >= 11 is 7.17. The van der Waals surface area contributed by atoms with Gasteiger partial charge in [0.1, 0.15) is 11.5 Å². The van der Waals surface area contributed by atoms with Crippen LogP contribution in [0, 0.1) is 0 Å². The lowest BCUT2D eigenvalue weighted by Crippen LogP contribution is -2.25. The van der Waals surface area contributed by atoms with Crippen LogP contribution in [0.4, 0.5) is 22.7 Å². The number of hydrogen-bond acceptors (Lipinski definition) is 6. The summed E-state index contributed by atoms with van der Waals surface area (Å²) in [5.74, 6) is 6.94. The Labute approximate surface area is 244 Å². The molecule has 0 amide bonds. The van der Waals surface area contributed by atoms with Crippen molar-refractivity contribution in [1.82, 2.24) is 0 Å². The van der Waals surface area contributed by atoms with Crippen molar-refractivity contribution in [3.8, 4) is 11.5 Å². The van der Waals surface area contributed by atoms with Crippen LogP contribution in [0.3, 0.4) is 0 Å². The molecule has 0 aromatic heterocycles. The predicted molar refractivity (Wildman–Crippen MR) is 167 cm³/mol. The minimum absolute atomic E-state index is 0.442. The number of anilines is 4. The summed E-state index contributed by atoms with van der Waals surface area (Å²) in [5, 5.41) is 15.9. The second-order valence-electron chi connectivity index (χ2n) is 8.35. The van der Waals surface area contributed by atoms with Gasteiger partial charge in [0.15, 0.2) is 0 Å². The number of hydrogen-bond donors (Lipinski definition) is 4. The summed E-state index contributed by atoms with van der Waals surface area (Å²) < 4.78 is 7.72. The molecule has 39 heavy (non-hydrogen) atoms. The van der Waals surface area contributed by atoms with Gasteiger partial charge in [-0.25, -0.2) is 5.01 Å². The molecule has 0 aliphatic carbocycles. The molecule has 0 heterocycles. The summed E-state index contributed by atoms with van der Waals surface area (Å²) in [6, 6.07) is 28.1. The molecule has 4 aromatic rings. The van der Waals surface area contributed by atoms with Gasteiger partial charge in [0, 0.05) is 14.6 Å². The fourth-order valence-corrected chi connectivity index (χ4v) is 5.22. The Morgan fingerprint density at radius 3 is 2.21 bits per heavy atom. The lowest BCUT2D eigenvalue weighted by atomic mass is 10.0. The fraction of sp³-hybridized carbons (Fsp3) is 0.0345. The quantitative estimate of drug-likeness (QED) is 0.0561. The number of nitrogen functional groups attached to an aromatic ring is 1. The van der Waals surface area contributed by atoms with E-state index in [-0.39, 0.29) is 0 Å². The van der Waals surface area contributed by atoms with E-state index in [2.05, 4.69) is 66.1 Å². The molecule has 10 heteroatoms. The molecule has 198 valence electrons. The highest BCUT2D eigenvalue weighted by Gasteiger charge is 2.23. The molecular formula is C29H27Br2N7O. The maximum atomic E-state index is 6.25. The van der Waals surface area contributed by atoms with Gasteiger partial charge in [-0.15, -0.1) is 0 Å². The van der Waals surface area contributed by atoms with Crippen molar-refractivity contribution in [3.05, 3.63) is 131 Å². The molecule has 0 aliphatic rings. The third-order valence-electron chi connectivity index (χ3n) is 5.64. The number of nitrogens with two attached hydrogens (primary N) is 2. The number of nitrogens with one attached hydrogen (secondary N) is 2. The van der Waals surface area contributed by atoms with Crippen molar-refractivity contribution in [2.24, 2.45) is 16.3 Å². The molecule has 0 fully saturated rings. The highest BCUT2D eigenvalue weighted by Crippen LogP contribution is 2.36. The van der Waals surface area contributed by atoms with Crippen molar-refractivity contribution >= 4 is 54.6 Å². The van der Waals surface area contributed by atoms with Crippen molar-refractivity contribution in [3.63, 3.8) is 0 Å². The van der Waals surface area contributed by atoms with Crippen LogP contribution in [0.1, 0.15) is 11.6 Å². The molecule has 1 atom stereocenters. The maximum Gasteiger partial charge on any atom is 0.127 e. The summed E-state index contributed by atoms with van der Waals surface area (Å²) in [6.07, 6.45) is 1.58. The van der Waals surface area contributed by atoms with Crippen LogP contribution in [-0.2, 0) is 0 Å². The van der Waals surface area contributed by atoms with Crippen LogP contribution >= 0.6 is 31.9 Å². The summed E-state index contributed by atoms with van der Waals surface area (Å²) in [7, 11) is 0. The SMILES string of the molecule is C=CNc1ccc(NC(C(=C)N(/N=N\N)c2ccc(Oc3ccccc3)cc2)c2cc(Br)cc(Br)c2)cc1N. The normalized spacial score (nSPS) is 11.5. The first-order valence-electron chi connectivity index (χ1n) is 11.8. The molecule has 0 bridgehead atoms. The second-order valence-corrected chi connectivity index (χ2v) is 10.2. The number of ether oxygens (including phenoxy) is 1. The number of benzene rings is 4. The van der Waals surface area contributed by atoms with Gasteiger partial charge in [-0.1, -0.05) is 68.4 Å². The average molecular weight is 649 g/mol. The molecule has 1 unspecified atom stereocenters. The number of rotatable bonds is 11. The molecule has 0 radical (unpaired) electrons. The van der Waals surface area contributed by atoms with Crippen LogP contribution in [0.15, 0.2) is 135 Å². The van der Waals surface area contributed by atoms with Gasteiger partial charge in [-0.05, 0) is 89.8 Å². The minimum atomic E-state index is -0.442. The molecule has 0 spiro atoms. The molecular weight excluding hydrogens is 622 g/mol. The lowest BCUT2D eigenvalue weighted by Gasteiger charge is -2.29. The maximum absolute atomic E-state index is 6.25. The highest BCUT2D eigenvalue weighted by molar-refractivity contribution is 9.11. The van der Waals surface area contributed by atoms with Crippen molar-refractivity contribution in [2.75, 3.05) is 21.4 Å². The summed E-state index contributed by atoms with van der Waals surface area (Å²) in [5.41, 5.74) is 10.5. The highest BCUT2D eigenvalue weighted by atomic mass is 79.9. The second kappa shape index (κ2) is 13.0. The lowest BCUT2D eigenvalue weighted by molar-refractivity contribution is 0.482. The standard InChI is InChI=1S/C29H27Br2N7O/c1-3-34-28-14-9-23(18-27(28)32)35-29(20-15-21(30)17-22(31)16-20)19(2)38(37-36-33)24-10-12-26(13-11-24)39-25-7-5-4-6-8-25/h3-18,29,34-35H,1-2,32H2,(H2,33,37). The van der Waals surface area contributed by atoms with Gasteiger partial charge in [-0.2, -0.15) is 0 Å². The van der Waals surface area contributed by atoms with Crippen LogP contribution in [0.2, 0.25) is 0 Å². The van der Waals surface area contributed by atoms with E-state index in [1.165, 1.54) is 0 Å². The van der Waals surface area contributed by atoms with Gasteiger partial charge >= 0.3 is 0 Å². The summed E-state index contributed by atoms with van der Waals surface area (Å²) in [6.45, 7) is 8.07. The largest absolute Gasteiger partial charge is 0.457 e. The monoisotopic (exact) mass is 647 g/mol. The third-order valence-corrected chi connectivity index (χ3v) is 6.56. The first-order chi connectivity index (χ1) is 18.9. The van der Waals surface area contributed by atoms with E-state index in [9.17, 15) is 0 Å². The molecule has 8 nitrogen and oxygen atoms in total.